The van der Waals surface area contributed by atoms with E-state index in [1.165, 1.54) is 12.1 Å². The highest BCUT2D eigenvalue weighted by Gasteiger charge is 2.33. The summed E-state index contributed by atoms with van der Waals surface area (Å²) in [7, 11) is 0. The fourth-order valence-electron chi connectivity index (χ4n) is 1.91. The number of nitrogens with two attached hydrogens (primary N) is 1. The van der Waals surface area contributed by atoms with Crippen molar-refractivity contribution in [3.8, 4) is 0 Å². The average Bonchev–Trinajstić information content (AvgIpc) is 2.32. The second-order valence-corrected chi connectivity index (χ2v) is 4.77. The van der Waals surface area contributed by atoms with Crippen molar-refractivity contribution < 1.29 is 18.0 Å². The first kappa shape index (κ1) is 16.3. The van der Waals surface area contributed by atoms with Gasteiger partial charge in [-0.15, -0.1) is 0 Å². The third-order valence-corrected chi connectivity index (χ3v) is 2.92. The molecule has 0 aliphatic heterocycles. The van der Waals surface area contributed by atoms with Gasteiger partial charge in [-0.2, -0.15) is 13.2 Å². The van der Waals surface area contributed by atoms with Gasteiger partial charge >= 0.3 is 6.18 Å². The van der Waals surface area contributed by atoms with Crippen LogP contribution in [0, 0.1) is 6.92 Å². The van der Waals surface area contributed by atoms with Crippen molar-refractivity contribution in [1.29, 1.82) is 0 Å². The van der Waals surface area contributed by atoms with E-state index in [1.807, 2.05) is 6.92 Å². The van der Waals surface area contributed by atoms with Crippen LogP contribution in [0.4, 0.5) is 18.9 Å². The van der Waals surface area contributed by atoms with Gasteiger partial charge in [0.25, 0.3) is 5.91 Å². The summed E-state index contributed by atoms with van der Waals surface area (Å²) in [5.74, 6) is -0.603. The van der Waals surface area contributed by atoms with Gasteiger partial charge < -0.3 is 10.6 Å². The molecule has 0 aromatic heterocycles. The van der Waals surface area contributed by atoms with Gasteiger partial charge in [0, 0.05) is 17.8 Å². The number of hydrogen-bond acceptors (Lipinski definition) is 2. The van der Waals surface area contributed by atoms with Crippen molar-refractivity contribution in [3.05, 3.63) is 29.3 Å². The Morgan fingerprint density at radius 1 is 1.35 bits per heavy atom. The second-order valence-electron chi connectivity index (χ2n) is 4.77. The van der Waals surface area contributed by atoms with E-state index in [2.05, 4.69) is 0 Å². The molecule has 0 heterocycles. The number of carbonyl (C=O) groups is 1. The van der Waals surface area contributed by atoms with Gasteiger partial charge in [-0.3, -0.25) is 4.79 Å². The number of benzene rings is 1. The smallest absolute Gasteiger partial charge is 0.399 e. The van der Waals surface area contributed by atoms with E-state index in [1.54, 1.807) is 13.0 Å². The molecule has 1 amide bonds. The highest BCUT2D eigenvalue weighted by molar-refractivity contribution is 5.96. The Labute approximate surface area is 116 Å². The van der Waals surface area contributed by atoms with Crippen LogP contribution >= 0.6 is 0 Å². The van der Waals surface area contributed by atoms with Crippen LogP contribution in [-0.2, 0) is 0 Å². The minimum absolute atomic E-state index is 0.0959. The first-order valence-electron chi connectivity index (χ1n) is 6.46. The number of amides is 1. The second kappa shape index (κ2) is 6.63. The first-order valence-corrected chi connectivity index (χ1v) is 6.46. The normalized spacial score (nSPS) is 11.4. The van der Waals surface area contributed by atoms with Crippen molar-refractivity contribution in [2.45, 2.75) is 32.9 Å². The molecule has 2 N–H and O–H groups in total. The molecule has 0 bridgehead atoms. The zero-order valence-corrected chi connectivity index (χ0v) is 11.6. The van der Waals surface area contributed by atoms with Crippen molar-refractivity contribution in [1.82, 2.24) is 4.90 Å². The summed E-state index contributed by atoms with van der Waals surface area (Å²) in [6.07, 6.45) is -3.14. The number of alkyl halides is 3. The van der Waals surface area contributed by atoms with Gasteiger partial charge in [0.05, 0.1) is 0 Å². The number of hydrogen-bond donors (Lipinski definition) is 1. The molecule has 0 aliphatic carbocycles. The minimum Gasteiger partial charge on any atom is -0.399 e. The van der Waals surface area contributed by atoms with Crippen LogP contribution in [0.2, 0.25) is 0 Å². The van der Waals surface area contributed by atoms with Crippen LogP contribution in [0.3, 0.4) is 0 Å². The molecule has 0 saturated heterocycles. The molecular formula is C14H19F3N2O. The van der Waals surface area contributed by atoms with Crippen LogP contribution in [0.5, 0.6) is 0 Å². The van der Waals surface area contributed by atoms with Gasteiger partial charge in [0.2, 0.25) is 0 Å². The first-order chi connectivity index (χ1) is 9.24. The zero-order valence-electron chi connectivity index (χ0n) is 11.6. The highest BCUT2D eigenvalue weighted by Crippen LogP contribution is 2.20. The van der Waals surface area contributed by atoms with Gasteiger partial charge in [-0.05, 0) is 37.1 Å². The fourth-order valence-corrected chi connectivity index (χ4v) is 1.91. The summed E-state index contributed by atoms with van der Waals surface area (Å²) in [5, 5.41) is 0. The number of nitrogens with zero attached hydrogens (tertiary/aromatic N) is 1. The molecule has 0 saturated carbocycles. The molecule has 1 aromatic carbocycles. The lowest BCUT2D eigenvalue weighted by Gasteiger charge is -2.24. The Balaban J connectivity index is 2.96. The lowest BCUT2D eigenvalue weighted by Crippen LogP contribution is -2.39. The van der Waals surface area contributed by atoms with Crippen LogP contribution in [0.25, 0.3) is 0 Å². The topological polar surface area (TPSA) is 46.3 Å². The Morgan fingerprint density at radius 2 is 2.00 bits per heavy atom. The molecule has 1 aromatic rings. The van der Waals surface area contributed by atoms with Gasteiger partial charge in [0.1, 0.15) is 6.54 Å². The van der Waals surface area contributed by atoms with E-state index in [0.29, 0.717) is 17.7 Å². The number of rotatable bonds is 5. The summed E-state index contributed by atoms with van der Waals surface area (Å²) in [6.45, 7) is 2.40. The van der Waals surface area contributed by atoms with E-state index in [9.17, 15) is 18.0 Å². The molecule has 6 heteroatoms. The maximum absolute atomic E-state index is 12.6. The Bertz CT molecular complexity index is 472. The molecule has 20 heavy (non-hydrogen) atoms. The third-order valence-electron chi connectivity index (χ3n) is 2.92. The molecule has 0 atom stereocenters. The summed E-state index contributed by atoms with van der Waals surface area (Å²) in [4.78, 5) is 13.1. The molecule has 0 radical (unpaired) electrons. The summed E-state index contributed by atoms with van der Waals surface area (Å²) < 4.78 is 37.7. The van der Waals surface area contributed by atoms with Crippen molar-refractivity contribution >= 4 is 11.6 Å². The number of carbonyl (C=O) groups excluding carboxylic acids is 1. The van der Waals surface area contributed by atoms with Gasteiger partial charge in [-0.1, -0.05) is 13.3 Å². The largest absolute Gasteiger partial charge is 0.406 e. The lowest BCUT2D eigenvalue weighted by atomic mass is 10.1. The Morgan fingerprint density at radius 3 is 2.50 bits per heavy atom. The summed E-state index contributed by atoms with van der Waals surface area (Å²) in [6, 6.07) is 4.58. The lowest BCUT2D eigenvalue weighted by molar-refractivity contribution is -0.140. The molecule has 112 valence electrons. The number of nitrogen functional groups attached to an aromatic ring is 1. The van der Waals surface area contributed by atoms with Crippen molar-refractivity contribution in [2.75, 3.05) is 18.8 Å². The number of aryl methyl sites for hydroxylation is 1. The highest BCUT2D eigenvalue weighted by atomic mass is 19.4. The Kier molecular flexibility index (Phi) is 5.42. The summed E-state index contributed by atoms with van der Waals surface area (Å²) >= 11 is 0. The predicted octanol–water partition coefficient (Wildman–Crippen LogP) is 3.38. The minimum atomic E-state index is -4.40. The van der Waals surface area contributed by atoms with Crippen LogP contribution in [0.15, 0.2) is 18.2 Å². The molecule has 0 fully saturated rings. The number of halogens is 3. The van der Waals surface area contributed by atoms with Crippen LogP contribution in [-0.4, -0.2) is 30.1 Å². The van der Waals surface area contributed by atoms with E-state index in [-0.39, 0.29) is 12.1 Å². The maximum atomic E-state index is 12.6. The van der Waals surface area contributed by atoms with E-state index in [0.717, 1.165) is 11.3 Å². The predicted molar refractivity (Wildman–Crippen MR) is 72.5 cm³/mol. The van der Waals surface area contributed by atoms with E-state index < -0.39 is 18.6 Å². The standard InChI is InChI=1S/C14H19F3N2O/c1-3-4-7-19(9-14(15,16)17)13(20)12-6-5-11(18)8-10(12)2/h5-6,8H,3-4,7,9,18H2,1-2H3. The Hall–Kier alpha value is -1.72. The number of unbranched alkanes of at least 4 members (excludes halogenated alkanes) is 1. The SMILES string of the molecule is CCCCN(CC(F)(F)F)C(=O)c1ccc(N)cc1C. The summed E-state index contributed by atoms with van der Waals surface area (Å²) in [5.41, 5.74) is 6.91. The van der Waals surface area contributed by atoms with Gasteiger partial charge in [-0.25, -0.2) is 0 Å². The van der Waals surface area contributed by atoms with Crippen molar-refractivity contribution in [2.24, 2.45) is 0 Å². The molecule has 3 nitrogen and oxygen atoms in total. The fraction of sp³-hybridized carbons (Fsp3) is 0.500. The zero-order chi connectivity index (χ0) is 15.3. The molecule has 1 rings (SSSR count). The molecular weight excluding hydrogens is 269 g/mol. The van der Waals surface area contributed by atoms with E-state index >= 15 is 0 Å². The number of anilines is 1. The third kappa shape index (κ3) is 4.75. The van der Waals surface area contributed by atoms with Crippen LogP contribution in [0.1, 0.15) is 35.7 Å². The monoisotopic (exact) mass is 288 g/mol. The quantitative estimate of drug-likeness (QED) is 0.844. The average molecular weight is 288 g/mol. The van der Waals surface area contributed by atoms with Gasteiger partial charge in [0.15, 0.2) is 0 Å². The molecule has 0 aliphatic rings. The van der Waals surface area contributed by atoms with Crippen molar-refractivity contribution in [3.63, 3.8) is 0 Å². The maximum Gasteiger partial charge on any atom is 0.406 e. The molecule has 0 unspecified atom stereocenters. The molecule has 0 spiro atoms. The van der Waals surface area contributed by atoms with E-state index in [4.69, 9.17) is 5.73 Å². The van der Waals surface area contributed by atoms with Crippen LogP contribution < -0.4 is 5.73 Å².